The molecule has 0 aliphatic heterocycles. The van der Waals surface area contributed by atoms with Crippen molar-refractivity contribution in [3.05, 3.63) is 4.91 Å². The second-order valence-corrected chi connectivity index (χ2v) is 1.84. The lowest BCUT2D eigenvalue weighted by molar-refractivity contribution is -0.121. The van der Waals surface area contributed by atoms with Crippen LogP contribution in [0.25, 0.3) is 0 Å². The van der Waals surface area contributed by atoms with E-state index in [1.54, 1.807) is 0 Å². The van der Waals surface area contributed by atoms with E-state index in [1.807, 2.05) is 0 Å². The van der Waals surface area contributed by atoms with E-state index in [0.29, 0.717) is 5.01 Å². The summed E-state index contributed by atoms with van der Waals surface area (Å²) in [4.78, 5) is 30.2. The van der Waals surface area contributed by atoms with Crippen LogP contribution in [0, 0.1) is 4.91 Å². The predicted octanol–water partition coefficient (Wildman–Crippen LogP) is -2.06. The van der Waals surface area contributed by atoms with Gasteiger partial charge in [-0.1, -0.05) is 0 Å². The zero-order valence-corrected chi connectivity index (χ0v) is 5.69. The van der Waals surface area contributed by atoms with Gasteiger partial charge >= 0.3 is 0 Å². The van der Waals surface area contributed by atoms with Crippen molar-refractivity contribution in [3.8, 4) is 0 Å². The van der Waals surface area contributed by atoms with Crippen molar-refractivity contribution in [1.82, 2.24) is 5.01 Å². The molecule has 0 aliphatic carbocycles. The minimum absolute atomic E-state index is 0.396. The van der Waals surface area contributed by atoms with Crippen LogP contribution in [0.1, 0.15) is 0 Å². The smallest absolute Gasteiger partial charge is 0.238 e. The van der Waals surface area contributed by atoms with Gasteiger partial charge in [-0.05, 0) is 0 Å². The summed E-state index contributed by atoms with van der Waals surface area (Å²) in [6.07, 6.45) is 0. The number of carbonyl (C=O) groups excluding carboxylic acids is 2. The summed E-state index contributed by atoms with van der Waals surface area (Å²) in [5, 5.41) is 2.99. The molecule has 0 aromatic rings. The Hall–Kier alpha value is -1.66. The molecule has 0 radical (unpaired) electrons. The van der Waals surface area contributed by atoms with E-state index in [0.717, 1.165) is 0 Å². The fraction of sp³-hybridized carbons (Fsp3) is 0.500. The van der Waals surface area contributed by atoms with Crippen LogP contribution < -0.4 is 11.5 Å². The number of nitrogens with zero attached hydrogens (tertiary/aromatic N) is 2. The molecule has 11 heavy (non-hydrogen) atoms. The van der Waals surface area contributed by atoms with Crippen molar-refractivity contribution in [2.45, 2.75) is 0 Å². The maximum Gasteiger partial charge on any atom is 0.238 e. The fourth-order valence-electron chi connectivity index (χ4n) is 0.473. The Kier molecular flexibility index (Phi) is 3.57. The molecule has 7 heteroatoms. The number of primary amides is 2. The quantitative estimate of drug-likeness (QED) is 0.355. The van der Waals surface area contributed by atoms with Gasteiger partial charge in [0.1, 0.15) is 13.1 Å². The zero-order chi connectivity index (χ0) is 8.85. The second-order valence-electron chi connectivity index (χ2n) is 1.84. The summed E-state index contributed by atoms with van der Waals surface area (Å²) in [6.45, 7) is -0.793. The third-order valence-electron chi connectivity index (χ3n) is 0.792. The Balaban J connectivity index is 3.85. The summed E-state index contributed by atoms with van der Waals surface area (Å²) in [7, 11) is 0. The maximum atomic E-state index is 10.2. The van der Waals surface area contributed by atoms with Crippen molar-refractivity contribution in [3.63, 3.8) is 0 Å². The summed E-state index contributed by atoms with van der Waals surface area (Å²) >= 11 is 0. The van der Waals surface area contributed by atoms with Crippen molar-refractivity contribution in [2.24, 2.45) is 16.8 Å². The fourth-order valence-corrected chi connectivity index (χ4v) is 0.473. The predicted molar refractivity (Wildman–Crippen MR) is 35.8 cm³/mol. The van der Waals surface area contributed by atoms with Gasteiger partial charge in [0.25, 0.3) is 0 Å². The Morgan fingerprint density at radius 1 is 1.18 bits per heavy atom. The lowest BCUT2D eigenvalue weighted by atomic mass is 10.5. The van der Waals surface area contributed by atoms with Gasteiger partial charge in [-0.25, -0.2) is 5.01 Å². The van der Waals surface area contributed by atoms with Crippen molar-refractivity contribution in [2.75, 3.05) is 13.1 Å². The van der Waals surface area contributed by atoms with Gasteiger partial charge in [0.2, 0.25) is 11.8 Å². The molecular formula is C4H8N4O3. The van der Waals surface area contributed by atoms with Crippen LogP contribution in [0.3, 0.4) is 0 Å². The summed E-state index contributed by atoms with van der Waals surface area (Å²) in [6, 6.07) is 0. The van der Waals surface area contributed by atoms with E-state index in [-0.39, 0.29) is 0 Å². The van der Waals surface area contributed by atoms with E-state index < -0.39 is 24.9 Å². The first kappa shape index (κ1) is 9.34. The van der Waals surface area contributed by atoms with Crippen molar-refractivity contribution in [1.29, 1.82) is 0 Å². The highest BCUT2D eigenvalue weighted by molar-refractivity contribution is 5.79. The number of carbonyl (C=O) groups is 2. The van der Waals surface area contributed by atoms with Crippen LogP contribution in [0.15, 0.2) is 5.29 Å². The molecule has 62 valence electrons. The molecule has 2 amide bonds. The second kappa shape index (κ2) is 4.20. The topological polar surface area (TPSA) is 119 Å². The molecule has 0 rings (SSSR count). The molecule has 0 aliphatic rings. The molecule has 0 unspecified atom stereocenters. The first-order valence-electron chi connectivity index (χ1n) is 2.71. The lowest BCUT2D eigenvalue weighted by Crippen LogP contribution is -2.35. The molecule has 0 saturated heterocycles. The average Bonchev–Trinajstić information content (AvgIpc) is 1.84. The van der Waals surface area contributed by atoms with Crippen LogP contribution >= 0.6 is 0 Å². The standard InChI is InChI=1S/C4H8N4O3/c5-3(9)1-8(7-11)2-4(6)10/h1-2H2,(H2,5,9)(H2,6,10). The van der Waals surface area contributed by atoms with Gasteiger partial charge in [0, 0.05) is 0 Å². The van der Waals surface area contributed by atoms with Crippen LogP contribution in [-0.2, 0) is 9.59 Å². The zero-order valence-electron chi connectivity index (χ0n) is 5.69. The van der Waals surface area contributed by atoms with E-state index in [1.165, 1.54) is 0 Å². The highest BCUT2D eigenvalue weighted by atomic mass is 16.3. The van der Waals surface area contributed by atoms with E-state index >= 15 is 0 Å². The molecule has 0 heterocycles. The minimum Gasteiger partial charge on any atom is -0.368 e. The molecule has 0 aromatic heterocycles. The average molecular weight is 160 g/mol. The normalized spacial score (nSPS) is 8.73. The number of amides is 2. The van der Waals surface area contributed by atoms with Gasteiger partial charge in [-0.2, -0.15) is 0 Å². The third kappa shape index (κ3) is 4.82. The third-order valence-corrected chi connectivity index (χ3v) is 0.792. The summed E-state index contributed by atoms with van der Waals surface area (Å²) in [5.74, 6) is -1.49. The molecule has 0 spiro atoms. The monoisotopic (exact) mass is 160 g/mol. The Labute approximate surface area is 62.3 Å². The van der Waals surface area contributed by atoms with Crippen LogP contribution in [0.2, 0.25) is 0 Å². The molecule has 0 saturated carbocycles. The molecule has 0 aromatic carbocycles. The SMILES string of the molecule is NC(=O)CN(CC(N)=O)N=O. The molecule has 0 atom stereocenters. The van der Waals surface area contributed by atoms with Gasteiger partial charge in [0.05, 0.1) is 5.29 Å². The molecule has 7 nitrogen and oxygen atoms in total. The minimum atomic E-state index is -0.745. The van der Waals surface area contributed by atoms with Crippen LogP contribution in [0.5, 0.6) is 0 Å². The van der Waals surface area contributed by atoms with Crippen LogP contribution in [0.4, 0.5) is 0 Å². The molecule has 0 fully saturated rings. The highest BCUT2D eigenvalue weighted by Gasteiger charge is 2.08. The first-order chi connectivity index (χ1) is 5.06. The maximum absolute atomic E-state index is 10.2. The first-order valence-corrected chi connectivity index (χ1v) is 2.71. The molecule has 0 bridgehead atoms. The highest BCUT2D eigenvalue weighted by Crippen LogP contribution is 1.85. The number of nitrogens with two attached hydrogens (primary N) is 2. The lowest BCUT2D eigenvalue weighted by Gasteiger charge is -2.08. The summed E-state index contributed by atoms with van der Waals surface area (Å²) < 4.78 is 0. The Morgan fingerprint density at radius 3 is 1.73 bits per heavy atom. The number of rotatable bonds is 5. The molecular weight excluding hydrogens is 152 g/mol. The van der Waals surface area contributed by atoms with E-state index in [9.17, 15) is 14.5 Å². The number of nitroso groups, excluding NO2 is 1. The number of hydrogen-bond acceptors (Lipinski definition) is 4. The molecule has 4 N–H and O–H groups in total. The Bertz CT molecular complexity index is 164. The van der Waals surface area contributed by atoms with E-state index in [2.05, 4.69) is 5.29 Å². The van der Waals surface area contributed by atoms with Gasteiger partial charge in [-0.15, -0.1) is 4.91 Å². The van der Waals surface area contributed by atoms with Gasteiger partial charge < -0.3 is 11.5 Å². The van der Waals surface area contributed by atoms with Crippen LogP contribution in [-0.4, -0.2) is 29.9 Å². The van der Waals surface area contributed by atoms with Gasteiger partial charge in [-0.3, -0.25) is 9.59 Å². The number of hydrogen-bond donors (Lipinski definition) is 2. The summed E-state index contributed by atoms with van der Waals surface area (Å²) in [5.41, 5.74) is 9.43. The largest absolute Gasteiger partial charge is 0.368 e. The van der Waals surface area contributed by atoms with Crippen molar-refractivity contribution < 1.29 is 9.59 Å². The van der Waals surface area contributed by atoms with Crippen molar-refractivity contribution >= 4 is 11.8 Å². The Morgan fingerprint density at radius 2 is 1.55 bits per heavy atom. The van der Waals surface area contributed by atoms with Gasteiger partial charge in [0.15, 0.2) is 0 Å². The van der Waals surface area contributed by atoms with E-state index in [4.69, 9.17) is 11.5 Å².